The van der Waals surface area contributed by atoms with Crippen LogP contribution in [0.2, 0.25) is 0 Å². The van der Waals surface area contributed by atoms with Crippen molar-refractivity contribution in [2.24, 2.45) is 0 Å². The SMILES string of the molecule is CC(C)(C)c1cc(Oc2[c-]c3c(cc2)c2cccnc2n2c(-c4ccccc4)c(-c4ccccc4)nc32)[c-]c(-n2c3ccccc3c3cccnc32)c1.[Pd+2]. The zero-order valence-corrected chi connectivity index (χ0v) is 31.4. The fraction of sp³-hybridized carbons (Fsp3) is 0.0851. The van der Waals surface area contributed by atoms with E-state index in [1.54, 1.807) is 0 Å². The molecular formula is C47H33N5OPd. The third-order valence-electron chi connectivity index (χ3n) is 9.99. The maximum atomic E-state index is 6.75. The average molecular weight is 790 g/mol. The van der Waals surface area contributed by atoms with Gasteiger partial charge in [0.15, 0.2) is 0 Å². The van der Waals surface area contributed by atoms with E-state index < -0.39 is 0 Å². The van der Waals surface area contributed by atoms with Gasteiger partial charge in [-0.05, 0) is 35.1 Å². The Morgan fingerprint density at radius 3 is 1.96 bits per heavy atom. The molecule has 5 aromatic heterocycles. The number of hydrogen-bond acceptors (Lipinski definition) is 4. The predicted octanol–water partition coefficient (Wildman–Crippen LogP) is 11.5. The summed E-state index contributed by atoms with van der Waals surface area (Å²) in [6, 6.07) is 53.0. The summed E-state index contributed by atoms with van der Waals surface area (Å²) in [4.78, 5) is 15.1. The van der Waals surface area contributed by atoms with Gasteiger partial charge in [0, 0.05) is 45.8 Å². The fourth-order valence-corrected chi connectivity index (χ4v) is 7.47. The van der Waals surface area contributed by atoms with E-state index in [-0.39, 0.29) is 25.8 Å². The Labute approximate surface area is 326 Å². The third-order valence-corrected chi connectivity index (χ3v) is 9.99. The molecule has 0 aliphatic rings. The molecule has 6 nitrogen and oxygen atoms in total. The van der Waals surface area contributed by atoms with Gasteiger partial charge in [-0.2, -0.15) is 0 Å². The van der Waals surface area contributed by atoms with Crippen LogP contribution in [0.4, 0.5) is 0 Å². The normalized spacial score (nSPS) is 11.8. The molecule has 0 saturated heterocycles. The van der Waals surface area contributed by atoms with Crippen molar-refractivity contribution in [3.05, 3.63) is 164 Å². The van der Waals surface area contributed by atoms with Crippen LogP contribution in [0.5, 0.6) is 11.5 Å². The second kappa shape index (κ2) is 13.1. The summed E-state index contributed by atoms with van der Waals surface area (Å²) in [6.45, 7) is 6.64. The zero-order chi connectivity index (χ0) is 35.7. The molecule has 0 radical (unpaired) electrons. The minimum absolute atomic E-state index is 0. The first-order valence-electron chi connectivity index (χ1n) is 17.8. The first-order chi connectivity index (χ1) is 25.9. The molecule has 0 spiro atoms. The van der Waals surface area contributed by atoms with Crippen LogP contribution >= 0.6 is 0 Å². The topological polar surface area (TPSA) is 57.2 Å². The molecule has 0 N–H and O–H groups in total. The number of pyridine rings is 3. The van der Waals surface area contributed by atoms with Crippen LogP contribution in [0.15, 0.2) is 146 Å². The number of aromatic nitrogens is 5. The summed E-state index contributed by atoms with van der Waals surface area (Å²) in [5.41, 5.74) is 9.32. The molecule has 0 unspecified atom stereocenters. The number of imidazole rings is 1. The van der Waals surface area contributed by atoms with Gasteiger partial charge in [-0.3, -0.25) is 4.98 Å². The number of rotatable bonds is 5. The van der Waals surface area contributed by atoms with E-state index in [4.69, 9.17) is 19.7 Å². The molecule has 0 aliphatic carbocycles. The van der Waals surface area contributed by atoms with E-state index in [0.717, 1.165) is 83.2 Å². The Hall–Kier alpha value is -6.13. The molecule has 262 valence electrons. The van der Waals surface area contributed by atoms with E-state index in [2.05, 4.69) is 133 Å². The van der Waals surface area contributed by atoms with Crippen molar-refractivity contribution < 1.29 is 25.2 Å². The molecule has 0 atom stereocenters. The van der Waals surface area contributed by atoms with E-state index in [0.29, 0.717) is 11.5 Å². The van der Waals surface area contributed by atoms with Crippen molar-refractivity contribution in [2.75, 3.05) is 0 Å². The first kappa shape index (κ1) is 33.7. The van der Waals surface area contributed by atoms with Crippen molar-refractivity contribution in [2.45, 2.75) is 26.2 Å². The van der Waals surface area contributed by atoms with E-state index in [1.807, 2.05) is 54.9 Å². The summed E-state index contributed by atoms with van der Waals surface area (Å²) >= 11 is 0. The van der Waals surface area contributed by atoms with Crippen molar-refractivity contribution >= 4 is 49.4 Å². The molecule has 7 heteroatoms. The molecule has 5 aromatic carbocycles. The monoisotopic (exact) mass is 789 g/mol. The Balaban J connectivity index is 0.00000384. The van der Waals surface area contributed by atoms with Crippen LogP contribution in [0.25, 0.3) is 77.6 Å². The number of fused-ring (bicyclic) bond motifs is 9. The minimum atomic E-state index is -0.156. The Morgan fingerprint density at radius 2 is 1.22 bits per heavy atom. The Morgan fingerprint density at radius 1 is 0.574 bits per heavy atom. The smallest absolute Gasteiger partial charge is 0.503 e. The second-order valence-electron chi connectivity index (χ2n) is 14.4. The van der Waals surface area contributed by atoms with E-state index >= 15 is 0 Å². The molecule has 10 rings (SSSR count). The van der Waals surface area contributed by atoms with Crippen LogP contribution in [0, 0.1) is 12.1 Å². The van der Waals surface area contributed by atoms with Crippen molar-refractivity contribution in [3.63, 3.8) is 0 Å². The first-order valence-corrected chi connectivity index (χ1v) is 17.8. The molecule has 0 aliphatic heterocycles. The molecule has 10 aromatic rings. The molecule has 0 fully saturated rings. The van der Waals surface area contributed by atoms with Gasteiger partial charge in [0.05, 0.1) is 22.6 Å². The van der Waals surface area contributed by atoms with Gasteiger partial charge < -0.3 is 13.7 Å². The predicted molar refractivity (Wildman–Crippen MR) is 214 cm³/mol. The summed E-state index contributed by atoms with van der Waals surface area (Å²) in [7, 11) is 0. The molecule has 0 saturated carbocycles. The van der Waals surface area contributed by atoms with Crippen molar-refractivity contribution in [3.8, 4) is 39.7 Å². The quantitative estimate of drug-likeness (QED) is 0.0990. The maximum absolute atomic E-state index is 6.75. The average Bonchev–Trinajstić information content (AvgIpc) is 3.76. The van der Waals surface area contributed by atoms with Crippen molar-refractivity contribution in [1.29, 1.82) is 0 Å². The number of hydrogen-bond donors (Lipinski definition) is 0. The summed E-state index contributed by atoms with van der Waals surface area (Å²) in [5.74, 6) is 1.17. The second-order valence-corrected chi connectivity index (χ2v) is 14.4. The summed E-state index contributed by atoms with van der Waals surface area (Å²) in [5, 5.41) is 5.10. The molecule has 54 heavy (non-hydrogen) atoms. The number of benzene rings is 5. The van der Waals surface area contributed by atoms with Gasteiger partial charge in [-0.1, -0.05) is 128 Å². The summed E-state index contributed by atoms with van der Waals surface area (Å²) in [6.07, 6.45) is 3.68. The maximum Gasteiger partial charge on any atom is 2.00 e. The standard InChI is InChI=1S/C47H33N5O.Pd/c1-47(2,3)32-26-33(51-41-21-11-10-18-37(41)39-20-13-24-48-44(39)51)28-35(27-32)53-34-22-23-36-38-19-12-25-49-45(38)52-43(31-16-8-5-9-17-31)42(30-14-6-4-7-15-30)50-46(52)40(36)29-34;/h4-27H,1-3H3;/q-2;+2. The van der Waals surface area contributed by atoms with Gasteiger partial charge in [0.25, 0.3) is 0 Å². The van der Waals surface area contributed by atoms with Gasteiger partial charge in [0.2, 0.25) is 0 Å². The van der Waals surface area contributed by atoms with Crippen molar-refractivity contribution in [1.82, 2.24) is 23.9 Å². The molecule has 0 amide bonds. The van der Waals surface area contributed by atoms with Crippen LogP contribution in [-0.4, -0.2) is 23.9 Å². The van der Waals surface area contributed by atoms with Gasteiger partial charge in [-0.25, -0.2) is 9.97 Å². The minimum Gasteiger partial charge on any atom is -0.503 e. The van der Waals surface area contributed by atoms with Crippen LogP contribution in [0.3, 0.4) is 0 Å². The number of ether oxygens (including phenoxy) is 1. The number of para-hydroxylation sites is 1. The van der Waals surface area contributed by atoms with Crippen LogP contribution in [-0.2, 0) is 25.8 Å². The fourth-order valence-electron chi connectivity index (χ4n) is 7.47. The van der Waals surface area contributed by atoms with Gasteiger partial charge in [-0.15, -0.1) is 35.9 Å². The Kier molecular flexibility index (Phi) is 8.15. The van der Waals surface area contributed by atoms with Gasteiger partial charge in [0.1, 0.15) is 11.3 Å². The van der Waals surface area contributed by atoms with Crippen LogP contribution in [0.1, 0.15) is 26.3 Å². The number of nitrogens with zero attached hydrogens (tertiary/aromatic N) is 5. The van der Waals surface area contributed by atoms with Gasteiger partial charge >= 0.3 is 20.4 Å². The molecular weight excluding hydrogens is 757 g/mol. The van der Waals surface area contributed by atoms with E-state index in [9.17, 15) is 0 Å². The molecule has 5 heterocycles. The van der Waals surface area contributed by atoms with E-state index in [1.165, 1.54) is 0 Å². The van der Waals surface area contributed by atoms with Crippen LogP contribution < -0.4 is 4.74 Å². The third kappa shape index (κ3) is 5.48. The Bertz CT molecular complexity index is 2960. The zero-order valence-electron chi connectivity index (χ0n) is 29.8. The summed E-state index contributed by atoms with van der Waals surface area (Å²) < 4.78 is 11.1. The molecule has 0 bridgehead atoms. The largest absolute Gasteiger partial charge is 2.00 e.